The van der Waals surface area contributed by atoms with Gasteiger partial charge in [-0.05, 0) is 19.2 Å². The fraction of sp³-hybridized carbons (Fsp3) is 1.00. The summed E-state index contributed by atoms with van der Waals surface area (Å²) in [4.78, 5) is 0. The van der Waals surface area contributed by atoms with Gasteiger partial charge in [0.2, 0.25) is 0 Å². The monoisotopic (exact) mass is 350 g/mol. The number of hydrogen-bond donors (Lipinski definition) is 0. The normalized spacial score (nSPS) is 16.3. The molecule has 0 heterocycles. The number of unbranched alkanes of at least 4 members (excludes halogenated alkanes) is 7. The molecular weight excluding hydrogens is 304 g/mol. The Morgan fingerprint density at radius 3 is 2.12 bits per heavy atom. The zero-order valence-corrected chi connectivity index (χ0v) is 16.1. The van der Waals surface area contributed by atoms with E-state index in [9.17, 15) is 0 Å². The van der Waals surface area contributed by atoms with Crippen molar-refractivity contribution in [1.29, 1.82) is 0 Å². The fourth-order valence-corrected chi connectivity index (χ4v) is 2.38. The molecule has 0 fully saturated rings. The van der Waals surface area contributed by atoms with Crippen molar-refractivity contribution in [1.82, 2.24) is 0 Å². The lowest BCUT2D eigenvalue weighted by Gasteiger charge is -2.17. The Bertz CT molecular complexity index is 357. The third-order valence-electron chi connectivity index (χ3n) is 3.76. The molecule has 0 radical (unpaired) electrons. The molecule has 146 valence electrons. The molecule has 0 aromatic heterocycles. The van der Waals surface area contributed by atoms with Gasteiger partial charge in [-0.1, -0.05) is 71.1 Å². The summed E-state index contributed by atoms with van der Waals surface area (Å²) in [7, 11) is 3.11. The van der Waals surface area contributed by atoms with E-state index in [2.05, 4.69) is 6.92 Å². The van der Waals surface area contributed by atoms with Crippen LogP contribution in [0, 0.1) is 0 Å². The van der Waals surface area contributed by atoms with Gasteiger partial charge in [0, 0.05) is 26.3 Å². The van der Waals surface area contributed by atoms with Crippen LogP contribution in [0.3, 0.4) is 0 Å². The SMILES string of the molecule is [2H]C([2H])(CCCCCCCCOCOC)C([2H])([2H])[C@H](CCCCC)OCOC. The average Bonchev–Trinajstić information content (AvgIpc) is 2.65. The Hall–Kier alpha value is -0.160. The Morgan fingerprint density at radius 2 is 1.46 bits per heavy atom. The molecule has 4 heteroatoms. The zero-order chi connectivity index (χ0) is 21.3. The Kier molecular flexibility index (Phi) is 15.0. The summed E-state index contributed by atoms with van der Waals surface area (Å²) in [6, 6.07) is 0. The van der Waals surface area contributed by atoms with Crippen molar-refractivity contribution >= 4 is 0 Å². The van der Waals surface area contributed by atoms with Gasteiger partial charge in [-0.3, -0.25) is 0 Å². The summed E-state index contributed by atoms with van der Waals surface area (Å²) in [5, 5.41) is 0. The van der Waals surface area contributed by atoms with Crippen molar-refractivity contribution in [2.45, 2.75) is 96.4 Å². The first-order valence-electron chi connectivity index (χ1n) is 11.5. The highest BCUT2D eigenvalue weighted by Gasteiger charge is 2.08. The highest BCUT2D eigenvalue weighted by molar-refractivity contribution is 4.59. The van der Waals surface area contributed by atoms with E-state index in [0.29, 0.717) is 26.2 Å². The lowest BCUT2D eigenvalue weighted by molar-refractivity contribution is -0.0776. The van der Waals surface area contributed by atoms with Crippen molar-refractivity contribution in [3.8, 4) is 0 Å². The summed E-state index contributed by atoms with van der Waals surface area (Å²) in [5.41, 5.74) is 0. The van der Waals surface area contributed by atoms with E-state index in [1.54, 1.807) is 7.11 Å². The molecule has 24 heavy (non-hydrogen) atoms. The van der Waals surface area contributed by atoms with Gasteiger partial charge < -0.3 is 18.9 Å². The van der Waals surface area contributed by atoms with Gasteiger partial charge in [0.15, 0.2) is 0 Å². The highest BCUT2D eigenvalue weighted by Crippen LogP contribution is 2.16. The van der Waals surface area contributed by atoms with Gasteiger partial charge in [-0.15, -0.1) is 0 Å². The van der Waals surface area contributed by atoms with Gasteiger partial charge >= 0.3 is 0 Å². The molecular formula is C20H42O4. The first-order chi connectivity index (χ1) is 13.3. The van der Waals surface area contributed by atoms with Crippen molar-refractivity contribution in [3.05, 3.63) is 0 Å². The topological polar surface area (TPSA) is 36.9 Å². The summed E-state index contributed by atoms with van der Waals surface area (Å²) in [6.07, 6.45) is 4.60. The van der Waals surface area contributed by atoms with Crippen LogP contribution in [0.5, 0.6) is 0 Å². The van der Waals surface area contributed by atoms with Crippen molar-refractivity contribution in [2.75, 3.05) is 34.4 Å². The van der Waals surface area contributed by atoms with Crippen LogP contribution >= 0.6 is 0 Å². The second-order valence-electron chi connectivity index (χ2n) is 6.06. The maximum atomic E-state index is 8.41. The van der Waals surface area contributed by atoms with E-state index in [-0.39, 0.29) is 13.2 Å². The van der Waals surface area contributed by atoms with Gasteiger partial charge in [-0.25, -0.2) is 0 Å². The fourth-order valence-electron chi connectivity index (χ4n) is 2.38. The number of hydrogen-bond acceptors (Lipinski definition) is 4. The van der Waals surface area contributed by atoms with E-state index in [1.807, 2.05) is 0 Å². The van der Waals surface area contributed by atoms with Gasteiger partial charge in [0.05, 0.1) is 6.10 Å². The van der Waals surface area contributed by atoms with Gasteiger partial charge in [-0.2, -0.15) is 0 Å². The first-order valence-corrected chi connectivity index (χ1v) is 9.50. The van der Waals surface area contributed by atoms with Crippen LogP contribution in [0.2, 0.25) is 0 Å². The molecule has 0 saturated heterocycles. The van der Waals surface area contributed by atoms with E-state index in [1.165, 1.54) is 7.11 Å². The molecule has 0 aliphatic carbocycles. The number of methoxy groups -OCH3 is 2. The van der Waals surface area contributed by atoms with Crippen LogP contribution < -0.4 is 0 Å². The van der Waals surface area contributed by atoms with Crippen LogP contribution in [0.1, 0.15) is 95.8 Å². The predicted octanol–water partition coefficient (Wildman–Crippen LogP) is 5.69. The van der Waals surface area contributed by atoms with E-state index in [4.69, 9.17) is 24.4 Å². The molecule has 0 unspecified atom stereocenters. The van der Waals surface area contributed by atoms with Crippen LogP contribution in [0.25, 0.3) is 0 Å². The summed E-state index contributed by atoms with van der Waals surface area (Å²) in [6.45, 7) is 3.12. The molecule has 0 aliphatic heterocycles. The van der Waals surface area contributed by atoms with Crippen molar-refractivity contribution < 1.29 is 24.4 Å². The number of ether oxygens (including phenoxy) is 4. The van der Waals surface area contributed by atoms with Crippen molar-refractivity contribution in [3.63, 3.8) is 0 Å². The van der Waals surface area contributed by atoms with Gasteiger partial charge in [0.1, 0.15) is 13.6 Å². The third kappa shape index (κ3) is 18.2. The molecule has 0 spiro atoms. The van der Waals surface area contributed by atoms with Crippen LogP contribution in [0.4, 0.5) is 0 Å². The second-order valence-corrected chi connectivity index (χ2v) is 6.06. The minimum Gasteiger partial charge on any atom is -0.359 e. The molecule has 0 aliphatic rings. The van der Waals surface area contributed by atoms with E-state index in [0.717, 1.165) is 51.4 Å². The van der Waals surface area contributed by atoms with Crippen LogP contribution in [-0.4, -0.2) is 40.5 Å². The largest absolute Gasteiger partial charge is 0.359 e. The maximum absolute atomic E-state index is 8.41. The molecule has 0 N–H and O–H groups in total. The molecule has 0 bridgehead atoms. The summed E-state index contributed by atoms with van der Waals surface area (Å²) in [5.74, 6) is 0. The molecule has 0 saturated carbocycles. The van der Waals surface area contributed by atoms with Crippen LogP contribution in [0.15, 0.2) is 0 Å². The maximum Gasteiger partial charge on any atom is 0.146 e. The van der Waals surface area contributed by atoms with Crippen molar-refractivity contribution in [2.24, 2.45) is 0 Å². The molecule has 4 nitrogen and oxygen atoms in total. The minimum absolute atomic E-state index is 0.0134. The molecule has 0 aromatic carbocycles. The summed E-state index contributed by atoms with van der Waals surface area (Å²) >= 11 is 0. The Labute approximate surface area is 156 Å². The first kappa shape index (κ1) is 17.3. The predicted molar refractivity (Wildman–Crippen MR) is 100 cm³/mol. The summed E-state index contributed by atoms with van der Waals surface area (Å²) < 4.78 is 54.0. The second kappa shape index (κ2) is 20.9. The molecule has 0 rings (SSSR count). The smallest absolute Gasteiger partial charge is 0.146 e. The highest BCUT2D eigenvalue weighted by atomic mass is 16.7. The number of rotatable bonds is 20. The Balaban J connectivity index is 4.26. The lowest BCUT2D eigenvalue weighted by atomic mass is 10.0. The Morgan fingerprint density at radius 1 is 0.792 bits per heavy atom. The molecule has 1 atom stereocenters. The average molecular weight is 351 g/mol. The minimum atomic E-state index is -2.04. The molecule has 0 amide bonds. The van der Waals surface area contributed by atoms with Gasteiger partial charge in [0.25, 0.3) is 0 Å². The third-order valence-corrected chi connectivity index (χ3v) is 3.76. The van der Waals surface area contributed by atoms with E-state index < -0.39 is 18.8 Å². The quantitative estimate of drug-likeness (QED) is 0.209. The lowest BCUT2D eigenvalue weighted by Crippen LogP contribution is -2.14. The zero-order valence-electron chi connectivity index (χ0n) is 20.1. The molecule has 0 aromatic rings. The van der Waals surface area contributed by atoms with E-state index >= 15 is 0 Å². The van der Waals surface area contributed by atoms with Crippen LogP contribution in [-0.2, 0) is 18.9 Å². The standard InChI is InChI=1S/C20H42O4/c1-4-5-12-15-20(24-19-22-3)16-13-10-8-6-7-9-11-14-17-23-18-21-2/h20H,4-19H2,1-3H3/t20-/m0/s1/i13D2,16D2.